The number of nitrogens with zero attached hydrogens (tertiary/aromatic N) is 1. The van der Waals surface area contributed by atoms with Crippen LogP contribution >= 0.6 is 11.8 Å². The molecule has 228 valence electrons. The predicted molar refractivity (Wildman–Crippen MR) is 164 cm³/mol. The maximum absolute atomic E-state index is 10.6. The highest BCUT2D eigenvalue weighted by Crippen LogP contribution is 2.53. The molecule has 1 aromatic rings. The Morgan fingerprint density at radius 2 is 1.88 bits per heavy atom. The topological polar surface area (TPSA) is 138 Å². The zero-order valence-corrected chi connectivity index (χ0v) is 25.6. The van der Waals surface area contributed by atoms with Gasteiger partial charge in [0, 0.05) is 36.5 Å². The number of hydrogen-bond acceptors (Lipinski definition) is 9. The maximum Gasteiger partial charge on any atom is 0.181 e. The van der Waals surface area contributed by atoms with Crippen molar-refractivity contribution in [2.24, 2.45) is 28.0 Å². The van der Waals surface area contributed by atoms with E-state index in [0.717, 1.165) is 36.3 Å². The number of aliphatic hydroxyl groups is 4. The Bertz CT molecular complexity index is 1110. The molecule has 4 rings (SSSR count). The van der Waals surface area contributed by atoms with Gasteiger partial charge >= 0.3 is 0 Å². The van der Waals surface area contributed by atoms with E-state index in [-0.39, 0.29) is 23.2 Å². The van der Waals surface area contributed by atoms with Gasteiger partial charge in [0.05, 0.1) is 49.0 Å². The van der Waals surface area contributed by atoms with Crippen LogP contribution in [0.3, 0.4) is 0 Å². The van der Waals surface area contributed by atoms with E-state index in [1.165, 1.54) is 5.57 Å². The average molecular weight is 589 g/mol. The molecule has 7 atom stereocenters. The van der Waals surface area contributed by atoms with E-state index in [1.807, 2.05) is 36.5 Å². The highest BCUT2D eigenvalue weighted by Gasteiger charge is 2.69. The zero-order valence-electron chi connectivity index (χ0n) is 24.8. The number of fused-ring (bicyclic) bond motifs is 1. The van der Waals surface area contributed by atoms with Gasteiger partial charge in [0.1, 0.15) is 0 Å². The quantitative estimate of drug-likeness (QED) is 0.207. The molecule has 0 bridgehead atoms. The minimum atomic E-state index is -1.63. The molecule has 1 aromatic carbocycles. The number of aliphatic imine (C=N–C) groups is 1. The van der Waals surface area contributed by atoms with Crippen LogP contribution in [0, 0.1) is 17.3 Å². The molecular weight excluding hydrogens is 540 g/mol. The lowest BCUT2D eigenvalue weighted by molar-refractivity contribution is -0.374. The fraction of sp³-hybridized carbons (Fsp3) is 0.656. The second kappa shape index (κ2) is 13.4. The Balaban J connectivity index is 1.19. The number of ether oxygens (including phenoxy) is 2. The van der Waals surface area contributed by atoms with Crippen molar-refractivity contribution in [2.75, 3.05) is 24.7 Å². The molecule has 0 aromatic heterocycles. The summed E-state index contributed by atoms with van der Waals surface area (Å²) < 4.78 is 12.1. The summed E-state index contributed by atoms with van der Waals surface area (Å²) in [7, 11) is 0. The van der Waals surface area contributed by atoms with Crippen LogP contribution in [0.15, 0.2) is 58.7 Å². The van der Waals surface area contributed by atoms with E-state index in [9.17, 15) is 20.4 Å². The lowest BCUT2D eigenvalue weighted by Gasteiger charge is -2.50. The van der Waals surface area contributed by atoms with Crippen LogP contribution in [0.25, 0.3) is 0 Å². The van der Waals surface area contributed by atoms with Crippen molar-refractivity contribution in [1.29, 1.82) is 0 Å². The van der Waals surface area contributed by atoms with Crippen LogP contribution < -0.4 is 5.73 Å². The number of rotatable bonds is 14. The lowest BCUT2D eigenvalue weighted by atomic mass is 9.79. The number of allylic oxidation sites excluding steroid dienone is 2. The van der Waals surface area contributed by atoms with Crippen molar-refractivity contribution < 1.29 is 29.9 Å². The molecule has 2 heterocycles. The Kier molecular flexibility index (Phi) is 10.6. The highest BCUT2D eigenvalue weighted by molar-refractivity contribution is 7.99. The van der Waals surface area contributed by atoms with Gasteiger partial charge in [0.2, 0.25) is 0 Å². The Hall–Kier alpha value is -1.56. The van der Waals surface area contributed by atoms with E-state index >= 15 is 0 Å². The standard InChI is InChI=1S/C32H48N2O6S/c1-30(2,13-15-41-19-26-27-29(37)28(36)24(17-35)32(27,38)40-26)20-31(3,4)39-18-21-10-11-23(34-14-12-21)16-25(33)22-8-6-5-7-9-22/h5-11,14,24-29,35-38H,12-13,15-20,33H2,1-4H3. The van der Waals surface area contributed by atoms with E-state index in [2.05, 4.69) is 44.8 Å². The molecular formula is C32H48N2O6S. The molecule has 1 saturated heterocycles. The first-order chi connectivity index (χ1) is 19.3. The summed E-state index contributed by atoms with van der Waals surface area (Å²) >= 11 is 1.72. The predicted octanol–water partition coefficient (Wildman–Crippen LogP) is 3.74. The summed E-state index contributed by atoms with van der Waals surface area (Å²) in [6.07, 6.45) is 6.81. The fourth-order valence-corrected chi connectivity index (χ4v) is 7.83. The minimum Gasteiger partial charge on any atom is -0.396 e. The second-order valence-corrected chi connectivity index (χ2v) is 14.3. The normalized spacial score (nSPS) is 30.7. The molecule has 9 heteroatoms. The molecule has 7 unspecified atom stereocenters. The SMILES string of the molecule is CC(C)(CCSCC1OC2(O)C(CO)C(O)C(O)C12)CC(C)(C)OCC1=CC=C(CC(N)c2ccccc2)N=CC1. The van der Waals surface area contributed by atoms with Gasteiger partial charge < -0.3 is 35.6 Å². The first kappa shape index (κ1) is 32.4. The second-order valence-electron chi connectivity index (χ2n) is 13.1. The van der Waals surface area contributed by atoms with Gasteiger partial charge in [0.25, 0.3) is 0 Å². The van der Waals surface area contributed by atoms with Crippen molar-refractivity contribution in [2.45, 2.75) is 89.1 Å². The Morgan fingerprint density at radius 1 is 1.15 bits per heavy atom. The van der Waals surface area contributed by atoms with Crippen molar-refractivity contribution in [3.63, 3.8) is 0 Å². The van der Waals surface area contributed by atoms with Crippen LogP contribution in [0.2, 0.25) is 0 Å². The van der Waals surface area contributed by atoms with Gasteiger partial charge in [-0.3, -0.25) is 4.99 Å². The van der Waals surface area contributed by atoms with Gasteiger partial charge in [-0.2, -0.15) is 11.8 Å². The largest absolute Gasteiger partial charge is 0.396 e. The van der Waals surface area contributed by atoms with Gasteiger partial charge in [-0.05, 0) is 55.1 Å². The summed E-state index contributed by atoms with van der Waals surface area (Å²) in [4.78, 5) is 4.63. The van der Waals surface area contributed by atoms with Crippen molar-refractivity contribution in [3.05, 3.63) is 59.3 Å². The van der Waals surface area contributed by atoms with Crippen LogP contribution in [0.1, 0.15) is 65.0 Å². The van der Waals surface area contributed by atoms with Gasteiger partial charge in [0.15, 0.2) is 5.79 Å². The van der Waals surface area contributed by atoms with Crippen molar-refractivity contribution in [3.8, 4) is 0 Å². The summed E-state index contributed by atoms with van der Waals surface area (Å²) in [6.45, 7) is 8.90. The molecule has 1 saturated carbocycles. The summed E-state index contributed by atoms with van der Waals surface area (Å²) in [5, 5.41) is 40.6. The smallest absolute Gasteiger partial charge is 0.181 e. The van der Waals surface area contributed by atoms with Crippen molar-refractivity contribution >= 4 is 18.0 Å². The molecule has 0 amide bonds. The molecule has 0 radical (unpaired) electrons. The van der Waals surface area contributed by atoms with E-state index in [4.69, 9.17) is 15.2 Å². The van der Waals surface area contributed by atoms with Crippen LogP contribution in [-0.2, 0) is 9.47 Å². The molecule has 0 spiro atoms. The first-order valence-electron chi connectivity index (χ1n) is 14.7. The zero-order chi connectivity index (χ0) is 29.8. The number of aliphatic hydroxyl groups excluding tert-OH is 3. The Morgan fingerprint density at radius 3 is 2.59 bits per heavy atom. The van der Waals surface area contributed by atoms with E-state index in [0.29, 0.717) is 18.8 Å². The van der Waals surface area contributed by atoms with E-state index < -0.39 is 36.4 Å². The van der Waals surface area contributed by atoms with E-state index in [1.54, 1.807) is 11.8 Å². The van der Waals surface area contributed by atoms with Crippen LogP contribution in [0.5, 0.6) is 0 Å². The molecule has 2 fully saturated rings. The monoisotopic (exact) mass is 588 g/mol. The number of thioether (sulfide) groups is 1. The lowest BCUT2D eigenvalue weighted by Crippen LogP contribution is -2.63. The fourth-order valence-electron chi connectivity index (χ4n) is 6.46. The summed E-state index contributed by atoms with van der Waals surface area (Å²) in [5.74, 6) is -1.56. The van der Waals surface area contributed by atoms with Gasteiger partial charge in [-0.25, -0.2) is 0 Å². The first-order valence-corrected chi connectivity index (χ1v) is 15.8. The third kappa shape index (κ3) is 7.89. The molecule has 2 aliphatic heterocycles. The van der Waals surface area contributed by atoms with Crippen LogP contribution in [-0.4, -0.2) is 81.1 Å². The number of benzene rings is 1. The van der Waals surface area contributed by atoms with Crippen molar-refractivity contribution in [1.82, 2.24) is 0 Å². The summed E-state index contributed by atoms with van der Waals surface area (Å²) in [6, 6.07) is 10.0. The third-order valence-electron chi connectivity index (χ3n) is 8.61. The molecule has 6 N–H and O–H groups in total. The maximum atomic E-state index is 10.6. The highest BCUT2D eigenvalue weighted by atomic mass is 32.2. The van der Waals surface area contributed by atoms with Gasteiger partial charge in [-0.1, -0.05) is 50.3 Å². The molecule has 3 aliphatic rings. The Labute approximate surface area is 248 Å². The average Bonchev–Trinajstić information content (AvgIpc) is 3.06. The number of hydrogen-bond donors (Lipinski definition) is 5. The summed E-state index contributed by atoms with van der Waals surface area (Å²) in [5.41, 5.74) is 9.39. The van der Waals surface area contributed by atoms with Crippen LogP contribution in [0.4, 0.5) is 0 Å². The molecule has 1 aliphatic carbocycles. The van der Waals surface area contributed by atoms with Gasteiger partial charge in [-0.15, -0.1) is 0 Å². The minimum absolute atomic E-state index is 0.0443. The third-order valence-corrected chi connectivity index (χ3v) is 9.67. The molecule has 41 heavy (non-hydrogen) atoms. The molecule has 8 nitrogen and oxygen atoms in total. The number of nitrogens with two attached hydrogens (primary N) is 1.